The van der Waals surface area contributed by atoms with Crippen molar-refractivity contribution in [2.75, 3.05) is 32.7 Å². The van der Waals surface area contributed by atoms with Gasteiger partial charge in [-0.25, -0.2) is 4.39 Å². The van der Waals surface area contributed by atoms with Gasteiger partial charge in [0.05, 0.1) is 6.54 Å². The first kappa shape index (κ1) is 26.8. The molecule has 0 bridgehead atoms. The number of thiophene rings is 1. The molecule has 1 saturated heterocycles. The number of carbonyl (C=O) groups excluding carboxylic acids is 2. The van der Waals surface area contributed by atoms with Crippen LogP contribution >= 0.6 is 11.3 Å². The third-order valence-electron chi connectivity index (χ3n) is 6.68. The minimum Gasteiger partial charge on any atom is -0.332 e. The molecule has 0 radical (unpaired) electrons. The van der Waals surface area contributed by atoms with Gasteiger partial charge in [-0.2, -0.15) is 0 Å². The molecule has 1 aliphatic rings. The van der Waals surface area contributed by atoms with Gasteiger partial charge >= 0.3 is 0 Å². The van der Waals surface area contributed by atoms with E-state index in [1.54, 1.807) is 45.4 Å². The second kappa shape index (κ2) is 13.3. The molecule has 1 fully saturated rings. The topological polar surface area (TPSA) is 43.9 Å². The molecule has 0 aliphatic carbocycles. The van der Waals surface area contributed by atoms with Gasteiger partial charge in [0.1, 0.15) is 12.4 Å². The fourth-order valence-corrected chi connectivity index (χ4v) is 5.34. The van der Waals surface area contributed by atoms with Gasteiger partial charge in [0.2, 0.25) is 11.8 Å². The minimum atomic E-state index is -0.306. The van der Waals surface area contributed by atoms with E-state index in [0.29, 0.717) is 19.6 Å². The Kier molecular flexibility index (Phi) is 9.63. The molecule has 0 unspecified atom stereocenters. The lowest BCUT2D eigenvalue weighted by atomic mass is 10.2. The largest absolute Gasteiger partial charge is 0.332 e. The quantitative estimate of drug-likeness (QED) is 0.320. The zero-order valence-corrected chi connectivity index (χ0v) is 22.1. The van der Waals surface area contributed by atoms with Crippen molar-refractivity contribution in [3.8, 4) is 0 Å². The molecule has 2 amide bonds. The van der Waals surface area contributed by atoms with Gasteiger partial charge in [0.15, 0.2) is 0 Å². The van der Waals surface area contributed by atoms with Crippen LogP contribution in [0.15, 0.2) is 72.1 Å². The van der Waals surface area contributed by atoms with E-state index < -0.39 is 0 Å². The molecule has 1 aromatic heterocycles. The van der Waals surface area contributed by atoms with Crippen molar-refractivity contribution in [3.63, 3.8) is 0 Å². The van der Waals surface area contributed by atoms with E-state index in [1.807, 2.05) is 48.7 Å². The van der Waals surface area contributed by atoms with Crippen LogP contribution in [0.3, 0.4) is 0 Å². The van der Waals surface area contributed by atoms with Crippen molar-refractivity contribution < 1.29 is 14.0 Å². The molecule has 0 spiro atoms. The number of hydrogen-bond acceptors (Lipinski definition) is 4. The van der Waals surface area contributed by atoms with E-state index in [-0.39, 0.29) is 24.2 Å². The molecule has 7 heteroatoms. The summed E-state index contributed by atoms with van der Waals surface area (Å²) in [7, 11) is 0. The summed E-state index contributed by atoms with van der Waals surface area (Å²) in [5.41, 5.74) is 2.92. The average Bonchev–Trinajstić information content (AvgIpc) is 3.58. The summed E-state index contributed by atoms with van der Waals surface area (Å²) >= 11 is 1.61. The number of hydrogen-bond donors (Lipinski definition) is 0. The van der Waals surface area contributed by atoms with E-state index in [2.05, 4.69) is 4.90 Å². The summed E-state index contributed by atoms with van der Waals surface area (Å²) in [4.78, 5) is 33.8. The summed E-state index contributed by atoms with van der Waals surface area (Å²) in [6, 6.07) is 18.0. The number of aryl methyl sites for hydroxylation is 1. The SMILES string of the molecule is Cc1ccsc1CN(Cc1ccc(F)cc1)C(=O)CN(CCN1CCCC1)C(=O)C=Cc1ccccc1. The maximum absolute atomic E-state index is 13.7. The minimum absolute atomic E-state index is 0.00256. The van der Waals surface area contributed by atoms with Crippen LogP contribution in [-0.4, -0.2) is 59.2 Å². The van der Waals surface area contributed by atoms with Gasteiger partial charge in [0.25, 0.3) is 0 Å². The molecular formula is C30H34FN3O2S. The number of amides is 2. The van der Waals surface area contributed by atoms with Crippen molar-refractivity contribution in [1.82, 2.24) is 14.7 Å². The van der Waals surface area contributed by atoms with E-state index in [9.17, 15) is 14.0 Å². The summed E-state index contributed by atoms with van der Waals surface area (Å²) in [5.74, 6) is -0.606. The highest BCUT2D eigenvalue weighted by atomic mass is 32.1. The number of rotatable bonds is 11. The standard InChI is InChI=1S/C30H34FN3O2S/c1-24-15-20-37-28(24)22-34(21-26-9-12-27(31)13-10-26)30(36)23-33(19-18-32-16-5-6-17-32)29(35)14-11-25-7-3-2-4-8-25/h2-4,7-15,20H,5-6,16-19,21-23H2,1H3. The predicted molar refractivity (Wildman–Crippen MR) is 147 cm³/mol. The van der Waals surface area contributed by atoms with Crippen LogP contribution < -0.4 is 0 Å². The van der Waals surface area contributed by atoms with E-state index in [0.717, 1.165) is 41.2 Å². The Labute approximate surface area is 222 Å². The van der Waals surface area contributed by atoms with E-state index >= 15 is 0 Å². The normalized spacial score (nSPS) is 13.8. The molecule has 3 aromatic rings. The van der Waals surface area contributed by atoms with Crippen LogP contribution in [0.1, 0.15) is 34.4 Å². The Bertz CT molecular complexity index is 1190. The Morgan fingerprint density at radius 3 is 2.38 bits per heavy atom. The highest BCUT2D eigenvalue weighted by Crippen LogP contribution is 2.20. The first-order chi connectivity index (χ1) is 18.0. The number of likely N-dealkylation sites (tertiary alicyclic amines) is 1. The van der Waals surface area contributed by atoms with E-state index in [1.165, 1.54) is 25.0 Å². The van der Waals surface area contributed by atoms with Gasteiger partial charge in [-0.3, -0.25) is 9.59 Å². The predicted octanol–water partition coefficient (Wildman–Crippen LogP) is 5.36. The Morgan fingerprint density at radius 2 is 1.70 bits per heavy atom. The van der Waals surface area contributed by atoms with Crippen LogP contribution in [0.2, 0.25) is 0 Å². The number of halogens is 1. The lowest BCUT2D eigenvalue weighted by molar-refractivity contribution is -0.139. The average molecular weight is 520 g/mol. The molecule has 0 saturated carbocycles. The lowest BCUT2D eigenvalue weighted by Crippen LogP contribution is -2.44. The Hall–Kier alpha value is -3.29. The van der Waals surface area contributed by atoms with E-state index in [4.69, 9.17) is 0 Å². The molecule has 0 N–H and O–H groups in total. The van der Waals surface area contributed by atoms with Crippen LogP contribution in [-0.2, 0) is 22.7 Å². The highest BCUT2D eigenvalue weighted by Gasteiger charge is 2.23. The molecule has 5 nitrogen and oxygen atoms in total. The number of carbonyl (C=O) groups is 2. The van der Waals surface area contributed by atoms with Gasteiger partial charge in [0, 0.05) is 30.6 Å². The first-order valence-corrected chi connectivity index (χ1v) is 13.7. The fraction of sp³-hybridized carbons (Fsp3) is 0.333. The number of nitrogens with zero attached hydrogens (tertiary/aromatic N) is 3. The third-order valence-corrected chi connectivity index (χ3v) is 7.69. The molecule has 2 heterocycles. The molecule has 194 valence electrons. The summed E-state index contributed by atoms with van der Waals surface area (Å²) in [6.45, 7) is 6.14. The maximum atomic E-state index is 13.7. The van der Waals surface area contributed by atoms with Crippen molar-refractivity contribution in [1.29, 1.82) is 0 Å². The van der Waals surface area contributed by atoms with Gasteiger partial charge in [-0.05, 0) is 79.2 Å². The maximum Gasteiger partial charge on any atom is 0.247 e. The van der Waals surface area contributed by atoms with Gasteiger partial charge in [-0.15, -0.1) is 11.3 Å². The van der Waals surface area contributed by atoms with Crippen molar-refractivity contribution in [2.24, 2.45) is 0 Å². The molecular weight excluding hydrogens is 485 g/mol. The lowest BCUT2D eigenvalue weighted by Gasteiger charge is -2.28. The fourth-order valence-electron chi connectivity index (χ4n) is 4.42. The summed E-state index contributed by atoms with van der Waals surface area (Å²) in [6.07, 6.45) is 5.69. The number of benzene rings is 2. The van der Waals surface area contributed by atoms with Gasteiger partial charge < -0.3 is 14.7 Å². The Morgan fingerprint density at radius 1 is 0.973 bits per heavy atom. The second-order valence-corrected chi connectivity index (χ2v) is 10.5. The molecule has 1 aliphatic heterocycles. The van der Waals surface area contributed by atoms with Crippen LogP contribution in [0.5, 0.6) is 0 Å². The summed E-state index contributed by atoms with van der Waals surface area (Å²) in [5, 5.41) is 2.02. The zero-order chi connectivity index (χ0) is 26.0. The Balaban J connectivity index is 1.50. The van der Waals surface area contributed by atoms with Crippen molar-refractivity contribution >= 4 is 29.2 Å². The second-order valence-electron chi connectivity index (χ2n) is 9.46. The monoisotopic (exact) mass is 519 g/mol. The zero-order valence-electron chi connectivity index (χ0n) is 21.3. The molecule has 0 atom stereocenters. The smallest absolute Gasteiger partial charge is 0.247 e. The summed E-state index contributed by atoms with van der Waals surface area (Å²) < 4.78 is 13.5. The van der Waals surface area contributed by atoms with Crippen LogP contribution in [0, 0.1) is 12.7 Å². The van der Waals surface area contributed by atoms with Crippen molar-refractivity contribution in [2.45, 2.75) is 32.9 Å². The van der Waals surface area contributed by atoms with Crippen LogP contribution in [0.25, 0.3) is 6.08 Å². The highest BCUT2D eigenvalue weighted by molar-refractivity contribution is 7.10. The third kappa shape index (κ3) is 8.10. The first-order valence-electron chi connectivity index (χ1n) is 12.8. The van der Waals surface area contributed by atoms with Crippen molar-refractivity contribution in [3.05, 3.63) is 99.5 Å². The van der Waals surface area contributed by atoms with Crippen LogP contribution in [0.4, 0.5) is 4.39 Å². The van der Waals surface area contributed by atoms with Gasteiger partial charge in [-0.1, -0.05) is 42.5 Å². The molecule has 2 aromatic carbocycles. The molecule has 4 rings (SSSR count). The molecule has 37 heavy (non-hydrogen) atoms.